The molecule has 0 spiro atoms. The lowest BCUT2D eigenvalue weighted by molar-refractivity contribution is 0.286. The SMILES string of the molecule is CCCCCCCCC#CCCCCCCCCC1CCC1. The van der Waals surface area contributed by atoms with E-state index < -0.39 is 0 Å². The van der Waals surface area contributed by atoms with Gasteiger partial charge in [-0.2, -0.15) is 0 Å². The highest BCUT2D eigenvalue weighted by molar-refractivity contribution is 4.98. The Hall–Kier alpha value is -0.440. The summed E-state index contributed by atoms with van der Waals surface area (Å²) in [7, 11) is 0. The summed E-state index contributed by atoms with van der Waals surface area (Å²) in [5.41, 5.74) is 0. The van der Waals surface area contributed by atoms with Crippen LogP contribution < -0.4 is 0 Å². The van der Waals surface area contributed by atoms with Crippen LogP contribution >= 0.6 is 0 Å². The molecule has 0 amide bonds. The normalized spacial score (nSPS) is 14.4. The molecule has 0 atom stereocenters. The van der Waals surface area contributed by atoms with Crippen molar-refractivity contribution in [3.63, 3.8) is 0 Å². The Balaban J connectivity index is 1.69. The maximum Gasteiger partial charge on any atom is 0.00886 e. The number of hydrogen-bond acceptors (Lipinski definition) is 0. The lowest BCUT2D eigenvalue weighted by Crippen LogP contribution is -2.10. The number of hydrogen-bond donors (Lipinski definition) is 0. The van der Waals surface area contributed by atoms with Crippen LogP contribution in [0.15, 0.2) is 0 Å². The van der Waals surface area contributed by atoms with Crippen molar-refractivity contribution in [2.75, 3.05) is 0 Å². The van der Waals surface area contributed by atoms with E-state index in [9.17, 15) is 0 Å². The molecule has 0 aromatic carbocycles. The van der Waals surface area contributed by atoms with Gasteiger partial charge in [0.1, 0.15) is 0 Å². The van der Waals surface area contributed by atoms with E-state index >= 15 is 0 Å². The predicted molar refractivity (Wildman–Crippen MR) is 100 cm³/mol. The Morgan fingerprint density at radius 1 is 0.636 bits per heavy atom. The average molecular weight is 305 g/mol. The van der Waals surface area contributed by atoms with Crippen molar-refractivity contribution in [3.8, 4) is 11.8 Å². The van der Waals surface area contributed by atoms with E-state index in [4.69, 9.17) is 0 Å². The molecule has 0 aliphatic heterocycles. The molecule has 128 valence electrons. The third-order valence-electron chi connectivity index (χ3n) is 5.17. The Labute approximate surface area is 140 Å². The molecule has 0 aromatic heterocycles. The fourth-order valence-electron chi connectivity index (χ4n) is 3.31. The predicted octanol–water partition coefficient (Wildman–Crippen LogP) is 7.66. The van der Waals surface area contributed by atoms with Crippen LogP contribution in [-0.4, -0.2) is 0 Å². The average Bonchev–Trinajstić information content (AvgIpc) is 2.48. The van der Waals surface area contributed by atoms with E-state index in [1.165, 1.54) is 103 Å². The Kier molecular flexibility index (Phi) is 13.8. The largest absolute Gasteiger partial charge is 0.103 e. The second-order valence-corrected chi connectivity index (χ2v) is 7.33. The molecule has 0 bridgehead atoms. The van der Waals surface area contributed by atoms with Gasteiger partial charge in [0, 0.05) is 12.8 Å². The minimum atomic E-state index is 1.11. The first kappa shape index (κ1) is 19.6. The summed E-state index contributed by atoms with van der Waals surface area (Å²) >= 11 is 0. The van der Waals surface area contributed by atoms with Crippen molar-refractivity contribution < 1.29 is 0 Å². The summed E-state index contributed by atoms with van der Waals surface area (Å²) in [6.45, 7) is 2.28. The molecule has 1 fully saturated rings. The zero-order valence-electron chi connectivity index (χ0n) is 15.3. The quantitative estimate of drug-likeness (QED) is 0.228. The molecule has 0 heterocycles. The van der Waals surface area contributed by atoms with Crippen LogP contribution in [0.3, 0.4) is 0 Å². The molecule has 0 radical (unpaired) electrons. The van der Waals surface area contributed by atoms with Gasteiger partial charge in [-0.25, -0.2) is 0 Å². The molecule has 0 aromatic rings. The minimum absolute atomic E-state index is 1.11. The highest BCUT2D eigenvalue weighted by Crippen LogP contribution is 2.31. The Morgan fingerprint density at radius 2 is 1.14 bits per heavy atom. The number of unbranched alkanes of at least 4 members (excludes halogenated alkanes) is 12. The molecule has 0 unspecified atom stereocenters. The van der Waals surface area contributed by atoms with Crippen LogP contribution in [0.4, 0.5) is 0 Å². The van der Waals surface area contributed by atoms with Crippen molar-refractivity contribution >= 4 is 0 Å². The first-order valence-electron chi connectivity index (χ1n) is 10.4. The van der Waals surface area contributed by atoms with E-state index in [0.29, 0.717) is 0 Å². The van der Waals surface area contributed by atoms with Gasteiger partial charge in [0.2, 0.25) is 0 Å². The van der Waals surface area contributed by atoms with Crippen molar-refractivity contribution in [2.24, 2.45) is 5.92 Å². The molecule has 0 heteroatoms. The van der Waals surface area contributed by atoms with Crippen molar-refractivity contribution in [1.82, 2.24) is 0 Å². The van der Waals surface area contributed by atoms with Crippen LogP contribution in [0.2, 0.25) is 0 Å². The highest BCUT2D eigenvalue weighted by atomic mass is 14.2. The van der Waals surface area contributed by atoms with Crippen molar-refractivity contribution in [1.29, 1.82) is 0 Å². The van der Waals surface area contributed by atoms with Gasteiger partial charge in [-0.1, -0.05) is 96.8 Å². The summed E-state index contributed by atoms with van der Waals surface area (Å²) < 4.78 is 0. The smallest absolute Gasteiger partial charge is 0.00886 e. The lowest BCUT2D eigenvalue weighted by Gasteiger charge is -2.24. The van der Waals surface area contributed by atoms with E-state index in [1.54, 1.807) is 0 Å². The second-order valence-electron chi connectivity index (χ2n) is 7.33. The third-order valence-corrected chi connectivity index (χ3v) is 5.17. The second kappa shape index (κ2) is 15.5. The zero-order valence-corrected chi connectivity index (χ0v) is 15.3. The molecule has 1 saturated carbocycles. The van der Waals surface area contributed by atoms with Crippen LogP contribution in [0, 0.1) is 17.8 Å². The van der Waals surface area contributed by atoms with Crippen LogP contribution in [0.5, 0.6) is 0 Å². The van der Waals surface area contributed by atoms with E-state index in [0.717, 1.165) is 18.8 Å². The summed E-state index contributed by atoms with van der Waals surface area (Å²) in [6, 6.07) is 0. The van der Waals surface area contributed by atoms with Crippen molar-refractivity contribution in [2.45, 2.75) is 122 Å². The third kappa shape index (κ3) is 12.1. The maximum atomic E-state index is 3.37. The van der Waals surface area contributed by atoms with Gasteiger partial charge in [0.05, 0.1) is 0 Å². The standard InChI is InChI=1S/C22H40/c1-2-3-4-5-6-7-8-9-10-11-12-13-14-15-16-17-19-22-20-18-21-22/h22H,2-8,11-21H2,1H3. The highest BCUT2D eigenvalue weighted by Gasteiger charge is 2.15. The first-order valence-corrected chi connectivity index (χ1v) is 10.4. The molecule has 22 heavy (non-hydrogen) atoms. The van der Waals surface area contributed by atoms with Gasteiger partial charge in [-0.3, -0.25) is 0 Å². The van der Waals surface area contributed by atoms with Gasteiger partial charge in [0.15, 0.2) is 0 Å². The molecule has 0 nitrogen and oxygen atoms in total. The van der Waals surface area contributed by atoms with Gasteiger partial charge in [-0.15, -0.1) is 11.8 Å². The number of rotatable bonds is 14. The topological polar surface area (TPSA) is 0 Å². The fraction of sp³-hybridized carbons (Fsp3) is 0.909. The Bertz CT molecular complexity index is 276. The molecule has 0 N–H and O–H groups in total. The summed E-state index contributed by atoms with van der Waals surface area (Å²) in [4.78, 5) is 0. The van der Waals surface area contributed by atoms with E-state index in [2.05, 4.69) is 18.8 Å². The maximum absolute atomic E-state index is 3.37. The van der Waals surface area contributed by atoms with Crippen molar-refractivity contribution in [3.05, 3.63) is 0 Å². The summed E-state index contributed by atoms with van der Waals surface area (Å²) in [5.74, 6) is 7.85. The molecular formula is C22H40. The molecular weight excluding hydrogens is 264 g/mol. The van der Waals surface area contributed by atoms with Gasteiger partial charge in [-0.05, 0) is 18.8 Å². The van der Waals surface area contributed by atoms with E-state index in [1.807, 2.05) is 0 Å². The fourth-order valence-corrected chi connectivity index (χ4v) is 3.31. The monoisotopic (exact) mass is 304 g/mol. The van der Waals surface area contributed by atoms with Gasteiger partial charge < -0.3 is 0 Å². The van der Waals surface area contributed by atoms with Gasteiger partial charge >= 0.3 is 0 Å². The zero-order chi connectivity index (χ0) is 15.7. The molecule has 1 aliphatic carbocycles. The van der Waals surface area contributed by atoms with E-state index in [-0.39, 0.29) is 0 Å². The van der Waals surface area contributed by atoms with Crippen LogP contribution in [0.25, 0.3) is 0 Å². The molecule has 1 rings (SSSR count). The van der Waals surface area contributed by atoms with Gasteiger partial charge in [0.25, 0.3) is 0 Å². The van der Waals surface area contributed by atoms with Crippen LogP contribution in [-0.2, 0) is 0 Å². The summed E-state index contributed by atoms with van der Waals surface area (Å²) in [6.07, 6.45) is 25.2. The minimum Gasteiger partial charge on any atom is -0.103 e. The summed E-state index contributed by atoms with van der Waals surface area (Å²) in [5, 5.41) is 0. The molecule has 1 aliphatic rings. The van der Waals surface area contributed by atoms with Crippen LogP contribution in [0.1, 0.15) is 122 Å². The lowest BCUT2D eigenvalue weighted by atomic mass is 9.81. The molecule has 0 saturated heterocycles. The first-order chi connectivity index (χ1) is 10.9. The Morgan fingerprint density at radius 3 is 1.64 bits per heavy atom.